The lowest BCUT2D eigenvalue weighted by molar-refractivity contribution is 0.180. The zero-order valence-corrected chi connectivity index (χ0v) is 12.3. The van der Waals surface area contributed by atoms with Crippen molar-refractivity contribution in [1.82, 2.24) is 18.8 Å². The Morgan fingerprint density at radius 1 is 1.20 bits per heavy atom. The molecule has 0 amide bonds. The molecule has 20 heavy (non-hydrogen) atoms. The maximum Gasteiger partial charge on any atom is 0.211 e. The summed E-state index contributed by atoms with van der Waals surface area (Å²) >= 11 is 0. The summed E-state index contributed by atoms with van der Waals surface area (Å²) in [4.78, 5) is 2.24. The summed E-state index contributed by atoms with van der Waals surface area (Å²) in [6, 6.07) is 8.04. The van der Waals surface area contributed by atoms with Gasteiger partial charge in [-0.05, 0) is 18.2 Å². The number of pyridine rings is 1. The van der Waals surface area contributed by atoms with E-state index in [1.165, 1.54) is 10.6 Å². The van der Waals surface area contributed by atoms with Gasteiger partial charge in [-0.3, -0.25) is 4.90 Å². The monoisotopic (exact) mass is 294 g/mol. The van der Waals surface area contributed by atoms with Gasteiger partial charge in [-0.25, -0.2) is 12.9 Å². The van der Waals surface area contributed by atoms with Crippen LogP contribution in [0.2, 0.25) is 0 Å². The molecular formula is C13H18N4O2S. The van der Waals surface area contributed by atoms with E-state index in [0.29, 0.717) is 13.1 Å². The minimum Gasteiger partial charge on any atom is -0.295 e. The third-order valence-electron chi connectivity index (χ3n) is 3.61. The predicted octanol–water partition coefficient (Wildman–Crippen LogP) is 0.411. The molecule has 1 fully saturated rings. The number of aromatic nitrogens is 2. The van der Waals surface area contributed by atoms with E-state index in [9.17, 15) is 8.42 Å². The van der Waals surface area contributed by atoms with E-state index in [2.05, 4.69) is 16.1 Å². The lowest BCUT2D eigenvalue weighted by atomic mass is 10.3. The molecule has 3 heterocycles. The largest absolute Gasteiger partial charge is 0.295 e. The fourth-order valence-corrected chi connectivity index (χ4v) is 3.34. The minimum atomic E-state index is -3.06. The van der Waals surface area contributed by atoms with E-state index in [-0.39, 0.29) is 0 Å². The molecule has 0 radical (unpaired) electrons. The van der Waals surface area contributed by atoms with Crippen LogP contribution in [0.25, 0.3) is 5.52 Å². The maximum absolute atomic E-state index is 11.5. The average Bonchev–Trinajstić information content (AvgIpc) is 2.80. The van der Waals surface area contributed by atoms with Crippen LogP contribution in [0, 0.1) is 0 Å². The molecule has 0 unspecified atom stereocenters. The molecule has 108 valence electrons. The second-order valence-electron chi connectivity index (χ2n) is 5.14. The Bertz CT molecular complexity index is 669. The second kappa shape index (κ2) is 5.16. The van der Waals surface area contributed by atoms with E-state index in [1.54, 1.807) is 0 Å². The zero-order valence-electron chi connectivity index (χ0n) is 11.4. The number of hydrogen-bond donors (Lipinski definition) is 0. The summed E-state index contributed by atoms with van der Waals surface area (Å²) in [5.41, 5.74) is 2.10. The Morgan fingerprint density at radius 2 is 1.95 bits per heavy atom. The van der Waals surface area contributed by atoms with Gasteiger partial charge in [-0.1, -0.05) is 6.07 Å². The normalized spacial score (nSPS) is 18.6. The van der Waals surface area contributed by atoms with Crippen molar-refractivity contribution >= 4 is 15.5 Å². The fourth-order valence-electron chi connectivity index (χ4n) is 2.52. The Balaban J connectivity index is 1.65. The van der Waals surface area contributed by atoms with Gasteiger partial charge in [-0.15, -0.1) is 0 Å². The van der Waals surface area contributed by atoms with E-state index < -0.39 is 10.0 Å². The van der Waals surface area contributed by atoms with Crippen molar-refractivity contribution in [2.75, 3.05) is 32.4 Å². The standard InChI is InChI=1S/C13H18N4O2S/c1-20(18,19)16-8-6-15(7-9-16)11-12-10-13-4-2-3-5-17(13)14-12/h2-5,10H,6-9,11H2,1H3. The van der Waals surface area contributed by atoms with Crippen LogP contribution in [0.4, 0.5) is 0 Å². The number of piperazine rings is 1. The lowest BCUT2D eigenvalue weighted by Crippen LogP contribution is -2.47. The van der Waals surface area contributed by atoms with Crippen LogP contribution in [0.3, 0.4) is 0 Å². The van der Waals surface area contributed by atoms with Gasteiger partial charge < -0.3 is 0 Å². The highest BCUT2D eigenvalue weighted by atomic mass is 32.2. The molecule has 6 nitrogen and oxygen atoms in total. The molecule has 0 aliphatic carbocycles. The highest BCUT2D eigenvalue weighted by Gasteiger charge is 2.23. The summed E-state index contributed by atoms with van der Waals surface area (Å²) in [5.74, 6) is 0. The average molecular weight is 294 g/mol. The van der Waals surface area contributed by atoms with Gasteiger partial charge in [0.25, 0.3) is 0 Å². The Labute approximate surface area is 118 Å². The van der Waals surface area contributed by atoms with E-state index in [1.807, 2.05) is 28.9 Å². The van der Waals surface area contributed by atoms with Crippen molar-refractivity contribution in [3.05, 3.63) is 36.2 Å². The summed E-state index contributed by atoms with van der Waals surface area (Å²) in [7, 11) is -3.06. The molecule has 7 heteroatoms. The number of sulfonamides is 1. The molecule has 0 aromatic carbocycles. The summed E-state index contributed by atoms with van der Waals surface area (Å²) in [6.07, 6.45) is 3.20. The SMILES string of the molecule is CS(=O)(=O)N1CCN(Cc2cc3ccccn3n2)CC1. The van der Waals surface area contributed by atoms with Crippen LogP contribution in [0.1, 0.15) is 5.69 Å². The molecule has 0 spiro atoms. The maximum atomic E-state index is 11.5. The molecule has 0 bridgehead atoms. The van der Waals surface area contributed by atoms with Crippen molar-refractivity contribution in [2.45, 2.75) is 6.54 Å². The van der Waals surface area contributed by atoms with E-state index in [0.717, 1.165) is 30.8 Å². The number of fused-ring (bicyclic) bond motifs is 1. The zero-order chi connectivity index (χ0) is 14.2. The van der Waals surface area contributed by atoms with Crippen molar-refractivity contribution in [3.63, 3.8) is 0 Å². The van der Waals surface area contributed by atoms with Crippen molar-refractivity contribution < 1.29 is 8.42 Å². The van der Waals surface area contributed by atoms with Gasteiger partial charge in [0, 0.05) is 38.9 Å². The van der Waals surface area contributed by atoms with E-state index in [4.69, 9.17) is 0 Å². The smallest absolute Gasteiger partial charge is 0.211 e. The molecular weight excluding hydrogens is 276 g/mol. The quantitative estimate of drug-likeness (QED) is 0.823. The Kier molecular flexibility index (Phi) is 3.49. The predicted molar refractivity (Wildman–Crippen MR) is 76.9 cm³/mol. The first-order valence-electron chi connectivity index (χ1n) is 6.63. The molecule has 3 rings (SSSR count). The summed E-state index contributed by atoms with van der Waals surface area (Å²) in [5, 5.41) is 4.52. The van der Waals surface area contributed by atoms with Crippen LogP contribution in [-0.2, 0) is 16.6 Å². The molecule has 0 saturated carbocycles. The van der Waals surface area contributed by atoms with Gasteiger partial charge in [0.2, 0.25) is 10.0 Å². The molecule has 1 aliphatic rings. The summed E-state index contributed by atoms with van der Waals surface area (Å²) < 4.78 is 26.3. The van der Waals surface area contributed by atoms with Crippen molar-refractivity contribution in [2.24, 2.45) is 0 Å². The van der Waals surface area contributed by atoms with Crippen LogP contribution in [0.5, 0.6) is 0 Å². The lowest BCUT2D eigenvalue weighted by Gasteiger charge is -2.32. The molecule has 2 aromatic rings. The van der Waals surface area contributed by atoms with Gasteiger partial charge in [0.05, 0.1) is 17.5 Å². The van der Waals surface area contributed by atoms with Crippen LogP contribution in [0.15, 0.2) is 30.5 Å². The van der Waals surface area contributed by atoms with Gasteiger partial charge in [-0.2, -0.15) is 9.40 Å². The molecule has 0 atom stereocenters. The topological polar surface area (TPSA) is 57.9 Å². The highest BCUT2D eigenvalue weighted by molar-refractivity contribution is 7.88. The van der Waals surface area contributed by atoms with E-state index >= 15 is 0 Å². The van der Waals surface area contributed by atoms with Crippen molar-refractivity contribution in [1.29, 1.82) is 0 Å². The highest BCUT2D eigenvalue weighted by Crippen LogP contribution is 2.11. The fraction of sp³-hybridized carbons (Fsp3) is 0.462. The first-order valence-corrected chi connectivity index (χ1v) is 8.48. The van der Waals surface area contributed by atoms with Crippen LogP contribution >= 0.6 is 0 Å². The van der Waals surface area contributed by atoms with Gasteiger partial charge >= 0.3 is 0 Å². The van der Waals surface area contributed by atoms with Gasteiger partial charge in [0.1, 0.15) is 0 Å². The first-order chi connectivity index (χ1) is 9.52. The third kappa shape index (κ3) is 2.84. The summed E-state index contributed by atoms with van der Waals surface area (Å²) in [6.45, 7) is 3.39. The van der Waals surface area contributed by atoms with Crippen LogP contribution in [-0.4, -0.2) is 59.7 Å². The van der Waals surface area contributed by atoms with Gasteiger partial charge in [0.15, 0.2) is 0 Å². The number of rotatable bonds is 3. The third-order valence-corrected chi connectivity index (χ3v) is 4.91. The Morgan fingerprint density at radius 3 is 2.60 bits per heavy atom. The minimum absolute atomic E-state index is 0.562. The molecule has 0 N–H and O–H groups in total. The molecule has 2 aromatic heterocycles. The first kappa shape index (κ1) is 13.5. The molecule has 1 saturated heterocycles. The number of hydrogen-bond acceptors (Lipinski definition) is 4. The number of nitrogens with zero attached hydrogens (tertiary/aromatic N) is 4. The van der Waals surface area contributed by atoms with Crippen molar-refractivity contribution in [3.8, 4) is 0 Å². The molecule has 1 aliphatic heterocycles. The second-order valence-corrected chi connectivity index (χ2v) is 7.13. The van der Waals surface area contributed by atoms with Crippen LogP contribution < -0.4 is 0 Å². The Hall–Kier alpha value is -1.44.